The number of hydrogen-bond acceptors (Lipinski definition) is 0. The third-order valence-electron chi connectivity index (χ3n) is 3.25. The first kappa shape index (κ1) is 8.82. The second-order valence-electron chi connectivity index (χ2n) is 4.88. The lowest BCUT2D eigenvalue weighted by Gasteiger charge is -2.34. The number of rotatable bonds is 0. The number of aryl methyl sites for hydroxylation is 1. The Morgan fingerprint density at radius 2 is 2.08 bits per heavy atom. The minimum atomic E-state index is 1.13. The summed E-state index contributed by atoms with van der Waals surface area (Å²) in [4.78, 5) is 0. The third kappa shape index (κ3) is 1.39. The molecule has 1 aromatic rings. The Balaban J connectivity index is 2.44. The van der Waals surface area contributed by atoms with E-state index in [1.807, 2.05) is 0 Å². The number of quaternary nitrogens is 1. The summed E-state index contributed by atoms with van der Waals surface area (Å²) >= 11 is 0. The lowest BCUT2D eigenvalue weighted by Crippen LogP contribution is -2.44. The minimum absolute atomic E-state index is 1.13. The molecule has 0 fully saturated rings. The van der Waals surface area contributed by atoms with Crippen LogP contribution >= 0.6 is 0 Å². The molecular formula is C11H19N2+. The van der Waals surface area contributed by atoms with E-state index in [2.05, 4.69) is 38.7 Å². The molecule has 0 saturated heterocycles. The van der Waals surface area contributed by atoms with Crippen LogP contribution < -0.4 is 0 Å². The Morgan fingerprint density at radius 1 is 1.38 bits per heavy atom. The van der Waals surface area contributed by atoms with Gasteiger partial charge in [-0.3, -0.25) is 0 Å². The maximum absolute atomic E-state index is 2.34. The molecule has 2 rings (SSSR count). The first-order valence-electron chi connectivity index (χ1n) is 4.96. The standard InChI is InChI=1S/C11H19N2/c1-9-7-10-5-6-13(3,4)8-11(10)12(9)2/h7H,5-6,8H2,1-4H3/q+1. The smallest absolute Gasteiger partial charge is 0.119 e. The van der Waals surface area contributed by atoms with Crippen LogP contribution in [0.3, 0.4) is 0 Å². The van der Waals surface area contributed by atoms with Crippen molar-refractivity contribution in [1.29, 1.82) is 0 Å². The van der Waals surface area contributed by atoms with Gasteiger partial charge in [-0.05, 0) is 18.6 Å². The fourth-order valence-electron chi connectivity index (χ4n) is 2.19. The second-order valence-corrected chi connectivity index (χ2v) is 4.88. The van der Waals surface area contributed by atoms with E-state index >= 15 is 0 Å². The maximum Gasteiger partial charge on any atom is 0.119 e. The second kappa shape index (κ2) is 2.61. The van der Waals surface area contributed by atoms with E-state index in [9.17, 15) is 0 Å². The van der Waals surface area contributed by atoms with Crippen LogP contribution in [-0.4, -0.2) is 29.7 Å². The predicted molar refractivity (Wildman–Crippen MR) is 54.5 cm³/mol. The van der Waals surface area contributed by atoms with Crippen molar-refractivity contribution < 1.29 is 4.48 Å². The maximum atomic E-state index is 2.34. The normalized spacial score (nSPS) is 20.0. The average molecular weight is 179 g/mol. The molecule has 13 heavy (non-hydrogen) atoms. The summed E-state index contributed by atoms with van der Waals surface area (Å²) in [5, 5.41) is 0. The van der Waals surface area contributed by atoms with E-state index in [0.717, 1.165) is 4.48 Å². The summed E-state index contributed by atoms with van der Waals surface area (Å²) in [5.74, 6) is 0. The molecule has 2 heterocycles. The summed E-state index contributed by atoms with van der Waals surface area (Å²) in [5.41, 5.74) is 4.50. The van der Waals surface area contributed by atoms with Gasteiger partial charge in [-0.25, -0.2) is 0 Å². The van der Waals surface area contributed by atoms with Crippen LogP contribution in [0.1, 0.15) is 17.0 Å². The molecule has 1 aliphatic heterocycles. The van der Waals surface area contributed by atoms with Crippen molar-refractivity contribution in [2.24, 2.45) is 7.05 Å². The van der Waals surface area contributed by atoms with Crippen molar-refractivity contribution in [3.63, 3.8) is 0 Å². The Morgan fingerprint density at radius 3 is 2.77 bits per heavy atom. The van der Waals surface area contributed by atoms with Crippen LogP contribution in [0.5, 0.6) is 0 Å². The van der Waals surface area contributed by atoms with Gasteiger partial charge >= 0.3 is 0 Å². The van der Waals surface area contributed by atoms with E-state index < -0.39 is 0 Å². The zero-order chi connectivity index (χ0) is 9.64. The number of fused-ring (bicyclic) bond motifs is 1. The summed E-state index contributed by atoms with van der Waals surface area (Å²) in [6.45, 7) is 4.65. The quantitative estimate of drug-likeness (QED) is 0.531. The first-order valence-corrected chi connectivity index (χ1v) is 4.96. The molecule has 0 amide bonds. The Labute approximate surface area is 80.4 Å². The molecule has 2 heteroatoms. The molecule has 1 aliphatic rings. The van der Waals surface area contributed by atoms with E-state index in [1.54, 1.807) is 5.56 Å². The van der Waals surface area contributed by atoms with Crippen molar-refractivity contribution in [3.8, 4) is 0 Å². The van der Waals surface area contributed by atoms with E-state index in [-0.39, 0.29) is 0 Å². The van der Waals surface area contributed by atoms with Crippen molar-refractivity contribution >= 4 is 0 Å². The molecule has 2 nitrogen and oxygen atoms in total. The van der Waals surface area contributed by atoms with Gasteiger partial charge in [0, 0.05) is 19.2 Å². The average Bonchev–Trinajstić information content (AvgIpc) is 2.29. The molecule has 72 valence electrons. The Hall–Kier alpha value is -0.760. The fourth-order valence-corrected chi connectivity index (χ4v) is 2.19. The molecule has 0 aromatic carbocycles. The number of hydrogen-bond donors (Lipinski definition) is 0. The highest BCUT2D eigenvalue weighted by Gasteiger charge is 2.26. The van der Waals surface area contributed by atoms with Crippen LogP contribution in [0.2, 0.25) is 0 Å². The molecule has 0 aliphatic carbocycles. The van der Waals surface area contributed by atoms with Crippen LogP contribution in [0.4, 0.5) is 0 Å². The topological polar surface area (TPSA) is 4.93 Å². The first-order chi connectivity index (χ1) is 5.99. The monoisotopic (exact) mass is 179 g/mol. The SMILES string of the molecule is Cc1cc2c(n1C)C[N+](C)(C)CC2. The zero-order valence-corrected chi connectivity index (χ0v) is 9.09. The van der Waals surface area contributed by atoms with E-state index in [4.69, 9.17) is 0 Å². The van der Waals surface area contributed by atoms with Gasteiger partial charge in [-0.15, -0.1) is 0 Å². The highest BCUT2D eigenvalue weighted by molar-refractivity contribution is 5.28. The highest BCUT2D eigenvalue weighted by atomic mass is 15.3. The molecule has 0 atom stereocenters. The minimum Gasteiger partial charge on any atom is -0.347 e. The molecule has 1 aromatic heterocycles. The van der Waals surface area contributed by atoms with Crippen molar-refractivity contribution in [3.05, 3.63) is 23.0 Å². The van der Waals surface area contributed by atoms with E-state index in [1.165, 1.54) is 30.9 Å². The van der Waals surface area contributed by atoms with Crippen molar-refractivity contribution in [2.75, 3.05) is 20.6 Å². The molecular weight excluding hydrogens is 160 g/mol. The molecule has 0 bridgehead atoms. The highest BCUT2D eigenvalue weighted by Crippen LogP contribution is 2.24. The largest absolute Gasteiger partial charge is 0.347 e. The van der Waals surface area contributed by atoms with Gasteiger partial charge in [-0.1, -0.05) is 0 Å². The number of nitrogens with zero attached hydrogens (tertiary/aromatic N) is 2. The van der Waals surface area contributed by atoms with Gasteiger partial charge < -0.3 is 9.05 Å². The van der Waals surface area contributed by atoms with Gasteiger partial charge in [-0.2, -0.15) is 0 Å². The lowest BCUT2D eigenvalue weighted by molar-refractivity contribution is -0.905. The van der Waals surface area contributed by atoms with Gasteiger partial charge in [0.1, 0.15) is 6.54 Å². The summed E-state index contributed by atoms with van der Waals surface area (Å²) in [7, 11) is 6.80. The van der Waals surface area contributed by atoms with E-state index in [0.29, 0.717) is 0 Å². The fraction of sp³-hybridized carbons (Fsp3) is 0.636. The van der Waals surface area contributed by atoms with Crippen LogP contribution in [0.25, 0.3) is 0 Å². The van der Waals surface area contributed by atoms with Crippen LogP contribution in [0, 0.1) is 6.92 Å². The van der Waals surface area contributed by atoms with Crippen molar-refractivity contribution in [1.82, 2.24) is 4.57 Å². The molecule has 0 spiro atoms. The van der Waals surface area contributed by atoms with Gasteiger partial charge in [0.25, 0.3) is 0 Å². The van der Waals surface area contributed by atoms with Crippen LogP contribution in [0.15, 0.2) is 6.07 Å². The van der Waals surface area contributed by atoms with Gasteiger partial charge in [0.05, 0.1) is 26.3 Å². The Bertz CT molecular complexity index is 334. The summed E-state index contributed by atoms with van der Waals surface area (Å²) < 4.78 is 3.47. The van der Waals surface area contributed by atoms with Crippen LogP contribution in [-0.2, 0) is 20.0 Å². The number of likely N-dealkylation sites (N-methyl/N-ethyl adjacent to an activating group) is 1. The van der Waals surface area contributed by atoms with Gasteiger partial charge in [0.2, 0.25) is 0 Å². The summed E-state index contributed by atoms with van der Waals surface area (Å²) in [6, 6.07) is 2.34. The van der Waals surface area contributed by atoms with Crippen molar-refractivity contribution in [2.45, 2.75) is 19.9 Å². The van der Waals surface area contributed by atoms with Gasteiger partial charge in [0.15, 0.2) is 0 Å². The molecule has 0 radical (unpaired) electrons. The zero-order valence-electron chi connectivity index (χ0n) is 9.09. The Kier molecular flexibility index (Phi) is 1.77. The lowest BCUT2D eigenvalue weighted by atomic mass is 10.1. The number of aromatic nitrogens is 1. The third-order valence-corrected chi connectivity index (χ3v) is 3.25. The molecule has 0 saturated carbocycles. The predicted octanol–water partition coefficient (Wildman–Crippen LogP) is 1.47. The summed E-state index contributed by atoms with van der Waals surface area (Å²) in [6.07, 6.45) is 1.24. The molecule has 0 N–H and O–H groups in total. The molecule has 0 unspecified atom stereocenters.